The number of anilines is 1. The molecule has 4 aromatic carbocycles. The van der Waals surface area contributed by atoms with Crippen LogP contribution in [0, 0.1) is 0 Å². The summed E-state index contributed by atoms with van der Waals surface area (Å²) in [4.78, 5) is 30.4. The fourth-order valence-corrected chi connectivity index (χ4v) is 7.87. The van der Waals surface area contributed by atoms with E-state index in [1.165, 1.54) is 37.3 Å². The van der Waals surface area contributed by atoms with Crippen molar-refractivity contribution in [2.45, 2.75) is 62.6 Å². The van der Waals surface area contributed by atoms with Gasteiger partial charge in [-0.1, -0.05) is 73.0 Å². The topological polar surface area (TPSA) is 114 Å². The van der Waals surface area contributed by atoms with E-state index in [0.717, 1.165) is 35.6 Å². The smallest absolute Gasteiger partial charge is 0.264 e. The molecule has 270 valence electrons. The van der Waals surface area contributed by atoms with Crippen molar-refractivity contribution >= 4 is 39.1 Å². The Labute approximate surface area is 305 Å². The van der Waals surface area contributed by atoms with Crippen molar-refractivity contribution < 1.29 is 32.2 Å². The quantitative estimate of drug-likeness (QED) is 0.137. The van der Waals surface area contributed by atoms with Crippen molar-refractivity contribution in [2.75, 3.05) is 31.7 Å². The monoisotopic (exact) mass is 733 g/mol. The summed E-state index contributed by atoms with van der Waals surface area (Å²) < 4.78 is 46.5. The molecule has 51 heavy (non-hydrogen) atoms. The Bertz CT molecular complexity index is 1880. The number of carbonyl (C=O) groups excluding carboxylic acids is 2. The lowest BCUT2D eigenvalue weighted by Crippen LogP contribution is -2.54. The number of rotatable bonds is 16. The van der Waals surface area contributed by atoms with Crippen LogP contribution in [-0.2, 0) is 32.6 Å². The van der Waals surface area contributed by atoms with Crippen molar-refractivity contribution in [3.8, 4) is 17.2 Å². The molecule has 1 N–H and O–H groups in total. The number of benzene rings is 4. The highest BCUT2D eigenvalue weighted by molar-refractivity contribution is 7.92. The number of nitrogens with zero attached hydrogens (tertiary/aromatic N) is 2. The van der Waals surface area contributed by atoms with Gasteiger partial charge in [0.1, 0.15) is 18.3 Å². The molecule has 1 aliphatic carbocycles. The number of nitrogens with one attached hydrogen (secondary N) is 1. The van der Waals surface area contributed by atoms with Crippen molar-refractivity contribution in [1.82, 2.24) is 10.2 Å². The molecular weight excluding hydrogens is 690 g/mol. The Morgan fingerprint density at radius 3 is 2.20 bits per heavy atom. The summed E-state index contributed by atoms with van der Waals surface area (Å²) in [6.07, 6.45) is 3.96. The van der Waals surface area contributed by atoms with Crippen LogP contribution >= 0.6 is 11.6 Å². The van der Waals surface area contributed by atoms with E-state index in [1.54, 1.807) is 42.5 Å². The molecule has 0 aliphatic heterocycles. The Morgan fingerprint density at radius 2 is 1.55 bits per heavy atom. The van der Waals surface area contributed by atoms with E-state index in [2.05, 4.69) is 5.32 Å². The van der Waals surface area contributed by atoms with Crippen molar-refractivity contribution in [3.05, 3.63) is 113 Å². The first kappa shape index (κ1) is 37.5. The van der Waals surface area contributed by atoms with E-state index in [1.807, 2.05) is 43.3 Å². The minimum atomic E-state index is -4.39. The normalized spacial score (nSPS) is 13.6. The lowest BCUT2D eigenvalue weighted by Gasteiger charge is -2.34. The van der Waals surface area contributed by atoms with Crippen molar-refractivity contribution in [1.29, 1.82) is 0 Å². The molecule has 1 aliphatic rings. The first-order chi connectivity index (χ1) is 24.6. The molecule has 12 heteroatoms. The van der Waals surface area contributed by atoms with Gasteiger partial charge in [0, 0.05) is 30.1 Å². The molecule has 0 bridgehead atoms. The van der Waals surface area contributed by atoms with Crippen LogP contribution in [0.2, 0.25) is 5.02 Å². The maximum atomic E-state index is 14.8. The predicted molar refractivity (Wildman–Crippen MR) is 198 cm³/mol. The average Bonchev–Trinajstić information content (AvgIpc) is 3.66. The lowest BCUT2D eigenvalue weighted by atomic mass is 10.0. The zero-order valence-electron chi connectivity index (χ0n) is 29.1. The number of halogens is 1. The van der Waals surface area contributed by atoms with E-state index in [9.17, 15) is 18.0 Å². The summed E-state index contributed by atoms with van der Waals surface area (Å²) in [6, 6.07) is 26.3. The second-order valence-corrected chi connectivity index (χ2v) is 14.5. The minimum absolute atomic E-state index is 0.00109. The molecule has 10 nitrogen and oxygen atoms in total. The standard InChI is InChI=1S/C39H44ClN3O7S/c1-4-50-32-20-18-31(19-21-32)43(51(46,47)33-22-23-36(48-2)37(25-33)49-3)27-38(44)42(26-29-14-8-11-17-34(29)40)35(24-28-12-6-5-7-13-28)39(45)41-30-15-9-10-16-30/h5-8,11-14,17-23,25,30,35H,4,9-10,15-16,24,26-27H2,1-3H3,(H,41,45)/t35-/m0/s1. The summed E-state index contributed by atoms with van der Waals surface area (Å²) in [7, 11) is -1.51. The largest absolute Gasteiger partial charge is 0.494 e. The second kappa shape index (κ2) is 17.5. The summed E-state index contributed by atoms with van der Waals surface area (Å²) >= 11 is 6.62. The number of ether oxygens (including phenoxy) is 3. The predicted octanol–water partition coefficient (Wildman–Crippen LogP) is 6.65. The van der Waals surface area contributed by atoms with Gasteiger partial charge in [0.15, 0.2) is 11.5 Å². The molecule has 0 unspecified atom stereocenters. The molecular formula is C39H44ClN3O7S. The van der Waals surface area contributed by atoms with E-state index in [-0.39, 0.29) is 41.2 Å². The summed E-state index contributed by atoms with van der Waals surface area (Å²) in [5.74, 6) is 0.214. The van der Waals surface area contributed by atoms with Gasteiger partial charge in [0.05, 0.1) is 31.4 Å². The van der Waals surface area contributed by atoms with Crippen LogP contribution in [-0.4, -0.2) is 64.6 Å². The summed E-state index contributed by atoms with van der Waals surface area (Å²) in [6.45, 7) is 1.63. The van der Waals surface area contributed by atoms with Crippen LogP contribution in [0.25, 0.3) is 0 Å². The molecule has 0 heterocycles. The van der Waals surface area contributed by atoms with E-state index >= 15 is 0 Å². The highest BCUT2D eigenvalue weighted by atomic mass is 35.5. The first-order valence-electron chi connectivity index (χ1n) is 17.0. The van der Waals surface area contributed by atoms with Gasteiger partial charge in [0.25, 0.3) is 10.0 Å². The maximum Gasteiger partial charge on any atom is 0.264 e. The number of carbonyl (C=O) groups is 2. The molecule has 1 fully saturated rings. The Morgan fingerprint density at radius 1 is 0.882 bits per heavy atom. The SMILES string of the molecule is CCOc1ccc(N(CC(=O)N(Cc2ccccc2Cl)[C@@H](Cc2ccccc2)C(=O)NC2CCCC2)S(=O)(=O)c2ccc(OC)c(OC)c2)cc1. The van der Waals surface area contributed by atoms with Crippen LogP contribution in [0.5, 0.6) is 17.2 Å². The van der Waals surface area contributed by atoms with Crippen molar-refractivity contribution in [2.24, 2.45) is 0 Å². The van der Waals surface area contributed by atoms with Crippen LogP contribution in [0.1, 0.15) is 43.7 Å². The molecule has 2 amide bonds. The number of hydrogen-bond donors (Lipinski definition) is 1. The van der Waals surface area contributed by atoms with Gasteiger partial charge in [-0.15, -0.1) is 0 Å². The molecule has 1 atom stereocenters. The molecule has 0 radical (unpaired) electrons. The van der Waals surface area contributed by atoms with Crippen LogP contribution in [0.15, 0.2) is 102 Å². The number of methoxy groups -OCH3 is 2. The highest BCUT2D eigenvalue weighted by Crippen LogP contribution is 2.33. The number of sulfonamides is 1. The van der Waals surface area contributed by atoms with Gasteiger partial charge in [0.2, 0.25) is 11.8 Å². The van der Waals surface area contributed by atoms with Gasteiger partial charge in [-0.2, -0.15) is 0 Å². The van der Waals surface area contributed by atoms with Crippen molar-refractivity contribution in [3.63, 3.8) is 0 Å². The van der Waals surface area contributed by atoms with Gasteiger partial charge < -0.3 is 24.4 Å². The van der Waals surface area contributed by atoms with Crippen LogP contribution < -0.4 is 23.8 Å². The highest BCUT2D eigenvalue weighted by Gasteiger charge is 2.36. The Balaban J connectivity index is 1.59. The molecule has 5 rings (SSSR count). The molecule has 1 saturated carbocycles. The second-order valence-electron chi connectivity index (χ2n) is 12.3. The molecule has 0 spiro atoms. The van der Waals surface area contributed by atoms with Gasteiger partial charge in [-0.3, -0.25) is 13.9 Å². The molecule has 0 aromatic heterocycles. The number of amides is 2. The third kappa shape index (κ3) is 9.33. The third-order valence-electron chi connectivity index (χ3n) is 8.93. The minimum Gasteiger partial charge on any atom is -0.494 e. The number of hydrogen-bond acceptors (Lipinski definition) is 7. The zero-order valence-corrected chi connectivity index (χ0v) is 30.7. The Hall–Kier alpha value is -4.74. The summed E-state index contributed by atoms with van der Waals surface area (Å²) in [5, 5.41) is 3.60. The first-order valence-corrected chi connectivity index (χ1v) is 18.8. The van der Waals surface area contributed by atoms with Gasteiger partial charge in [-0.05, 0) is 73.4 Å². The summed E-state index contributed by atoms with van der Waals surface area (Å²) in [5.41, 5.74) is 1.70. The third-order valence-corrected chi connectivity index (χ3v) is 11.1. The molecule has 0 saturated heterocycles. The fourth-order valence-electron chi connectivity index (χ4n) is 6.24. The van der Waals surface area contributed by atoms with E-state index in [4.69, 9.17) is 25.8 Å². The maximum absolute atomic E-state index is 14.8. The van der Waals surface area contributed by atoms with Gasteiger partial charge >= 0.3 is 0 Å². The van der Waals surface area contributed by atoms with E-state index in [0.29, 0.717) is 28.7 Å². The van der Waals surface area contributed by atoms with Crippen LogP contribution in [0.4, 0.5) is 5.69 Å². The Kier molecular flexibility index (Phi) is 12.8. The average molecular weight is 734 g/mol. The van der Waals surface area contributed by atoms with E-state index < -0.39 is 28.5 Å². The van der Waals surface area contributed by atoms with Crippen LogP contribution in [0.3, 0.4) is 0 Å². The molecule has 4 aromatic rings. The lowest BCUT2D eigenvalue weighted by molar-refractivity contribution is -0.140. The zero-order chi connectivity index (χ0) is 36.4. The van der Waals surface area contributed by atoms with Gasteiger partial charge in [-0.25, -0.2) is 8.42 Å². The fraction of sp³-hybridized carbons (Fsp3) is 0.333.